The van der Waals surface area contributed by atoms with Gasteiger partial charge in [0.05, 0.1) is 0 Å². The van der Waals surface area contributed by atoms with Gasteiger partial charge in [0.1, 0.15) is 11.1 Å². The van der Waals surface area contributed by atoms with Gasteiger partial charge in [-0.1, -0.05) is 103 Å². The number of amides is 1. The highest BCUT2D eigenvalue weighted by molar-refractivity contribution is 6.11. The number of carbonyl (C=O) groups is 1. The summed E-state index contributed by atoms with van der Waals surface area (Å²) in [5, 5.41) is 0. The van der Waals surface area contributed by atoms with Crippen molar-refractivity contribution in [1.82, 2.24) is 4.98 Å². The van der Waals surface area contributed by atoms with Crippen molar-refractivity contribution in [3.63, 3.8) is 0 Å². The molecule has 0 saturated heterocycles. The number of anilines is 1. The molecular formula is C33H26N2O2. The van der Waals surface area contributed by atoms with Gasteiger partial charge in [0.25, 0.3) is 0 Å². The summed E-state index contributed by atoms with van der Waals surface area (Å²) in [5.74, 6) is 0.527. The standard InChI is InChI=1S/C33H26N2O2/c1-3-26(23-15-7-4-8-16-23)33(27-21-13-14-22-28(27)35(2)32(33)36)30-29(24-17-9-5-10-18-24)34-31(37-30)25-19-11-6-12-20-25/h3-22,26H,1H2,2H3. The summed E-state index contributed by atoms with van der Waals surface area (Å²) in [6.45, 7) is 4.22. The number of rotatable bonds is 6. The van der Waals surface area contributed by atoms with E-state index in [1.165, 1.54) is 0 Å². The fraction of sp³-hybridized carbons (Fsp3) is 0.0909. The van der Waals surface area contributed by atoms with E-state index < -0.39 is 11.3 Å². The van der Waals surface area contributed by atoms with E-state index in [-0.39, 0.29) is 5.91 Å². The molecule has 1 aliphatic heterocycles. The van der Waals surface area contributed by atoms with Crippen LogP contribution >= 0.6 is 0 Å². The highest BCUT2D eigenvalue weighted by Crippen LogP contribution is 2.56. The van der Waals surface area contributed by atoms with Crippen molar-refractivity contribution in [3.8, 4) is 22.7 Å². The molecule has 0 radical (unpaired) electrons. The predicted molar refractivity (Wildman–Crippen MR) is 147 cm³/mol. The van der Waals surface area contributed by atoms with Crippen LogP contribution in [-0.2, 0) is 10.2 Å². The second kappa shape index (κ2) is 9.07. The van der Waals surface area contributed by atoms with Crippen LogP contribution in [0.2, 0.25) is 0 Å². The van der Waals surface area contributed by atoms with Gasteiger partial charge in [-0.05, 0) is 23.8 Å². The molecule has 2 unspecified atom stereocenters. The van der Waals surface area contributed by atoms with E-state index in [1.54, 1.807) is 4.90 Å². The lowest BCUT2D eigenvalue weighted by Crippen LogP contribution is -2.44. The third kappa shape index (κ3) is 3.45. The van der Waals surface area contributed by atoms with Crippen LogP contribution in [0.25, 0.3) is 22.7 Å². The molecule has 0 bridgehead atoms. The first kappa shape index (κ1) is 22.7. The molecule has 4 heteroatoms. The van der Waals surface area contributed by atoms with Crippen molar-refractivity contribution >= 4 is 11.6 Å². The largest absolute Gasteiger partial charge is 0.439 e. The molecule has 1 aliphatic rings. The quantitative estimate of drug-likeness (QED) is 0.240. The summed E-state index contributed by atoms with van der Waals surface area (Å²) < 4.78 is 6.72. The van der Waals surface area contributed by atoms with Crippen LogP contribution in [0.3, 0.4) is 0 Å². The number of nitrogens with zero attached hydrogens (tertiary/aromatic N) is 2. The molecule has 2 heterocycles. The smallest absolute Gasteiger partial charge is 0.246 e. The van der Waals surface area contributed by atoms with Crippen molar-refractivity contribution in [2.45, 2.75) is 11.3 Å². The molecule has 0 saturated carbocycles. The summed E-state index contributed by atoms with van der Waals surface area (Å²) in [6.07, 6.45) is 1.86. The van der Waals surface area contributed by atoms with Gasteiger partial charge >= 0.3 is 0 Å². The van der Waals surface area contributed by atoms with Gasteiger partial charge in [-0.2, -0.15) is 0 Å². The minimum Gasteiger partial charge on any atom is -0.439 e. The van der Waals surface area contributed by atoms with Gasteiger partial charge in [-0.15, -0.1) is 6.58 Å². The molecule has 2 atom stereocenters. The molecule has 0 spiro atoms. The number of benzene rings is 4. The zero-order valence-corrected chi connectivity index (χ0v) is 20.5. The van der Waals surface area contributed by atoms with Crippen LogP contribution in [0.4, 0.5) is 5.69 Å². The van der Waals surface area contributed by atoms with E-state index in [2.05, 4.69) is 6.58 Å². The molecule has 5 aromatic rings. The van der Waals surface area contributed by atoms with Crippen LogP contribution in [-0.4, -0.2) is 17.9 Å². The Bertz CT molecular complexity index is 1580. The third-order valence-electron chi connectivity index (χ3n) is 7.25. The fourth-order valence-corrected chi connectivity index (χ4v) is 5.56. The molecular weight excluding hydrogens is 456 g/mol. The molecule has 6 rings (SSSR count). The number of hydrogen-bond acceptors (Lipinski definition) is 3. The van der Waals surface area contributed by atoms with E-state index in [9.17, 15) is 4.79 Å². The first-order valence-electron chi connectivity index (χ1n) is 12.3. The van der Waals surface area contributed by atoms with Crippen LogP contribution in [0.1, 0.15) is 22.8 Å². The minimum atomic E-state index is -1.19. The number of aromatic nitrogens is 1. The third-order valence-corrected chi connectivity index (χ3v) is 7.25. The summed E-state index contributed by atoms with van der Waals surface area (Å²) >= 11 is 0. The Hall–Kier alpha value is -4.70. The summed E-state index contributed by atoms with van der Waals surface area (Å²) in [5.41, 5.74) is 3.91. The minimum absolute atomic E-state index is 0.0737. The topological polar surface area (TPSA) is 46.3 Å². The highest BCUT2D eigenvalue weighted by Gasteiger charge is 2.59. The Morgan fingerprint density at radius 2 is 1.38 bits per heavy atom. The second-order valence-electron chi connectivity index (χ2n) is 9.24. The fourth-order valence-electron chi connectivity index (χ4n) is 5.56. The van der Waals surface area contributed by atoms with Crippen LogP contribution in [0.15, 0.2) is 132 Å². The number of para-hydroxylation sites is 1. The summed E-state index contributed by atoms with van der Waals surface area (Å²) in [7, 11) is 1.82. The Labute approximate surface area is 216 Å². The van der Waals surface area contributed by atoms with Gasteiger partial charge in [0.2, 0.25) is 11.8 Å². The average Bonchev–Trinajstić information content (AvgIpc) is 3.50. The van der Waals surface area contributed by atoms with Gasteiger partial charge in [0.15, 0.2) is 5.76 Å². The maximum Gasteiger partial charge on any atom is 0.246 e. The number of oxazole rings is 1. The van der Waals surface area contributed by atoms with E-state index in [1.807, 2.05) is 128 Å². The van der Waals surface area contributed by atoms with Crippen molar-refractivity contribution in [3.05, 3.63) is 145 Å². The Balaban J connectivity index is 1.73. The molecule has 1 aromatic heterocycles. The molecule has 0 N–H and O–H groups in total. The molecule has 37 heavy (non-hydrogen) atoms. The SMILES string of the molecule is C=CC(c1ccccc1)C1(c2oc(-c3ccccc3)nc2-c2ccccc2)C(=O)N(C)c2ccccc21. The van der Waals surface area contributed by atoms with E-state index in [0.29, 0.717) is 17.3 Å². The highest BCUT2D eigenvalue weighted by atomic mass is 16.4. The Morgan fingerprint density at radius 3 is 2.03 bits per heavy atom. The van der Waals surface area contributed by atoms with Crippen LogP contribution in [0, 0.1) is 0 Å². The van der Waals surface area contributed by atoms with Crippen LogP contribution in [0.5, 0.6) is 0 Å². The van der Waals surface area contributed by atoms with E-state index in [4.69, 9.17) is 9.40 Å². The lowest BCUT2D eigenvalue weighted by Gasteiger charge is -2.34. The maximum absolute atomic E-state index is 14.6. The lowest BCUT2D eigenvalue weighted by molar-refractivity contribution is -0.122. The van der Waals surface area contributed by atoms with Crippen molar-refractivity contribution in [2.24, 2.45) is 0 Å². The summed E-state index contributed by atoms with van der Waals surface area (Å²) in [6, 6.07) is 37.7. The molecule has 4 nitrogen and oxygen atoms in total. The number of carbonyl (C=O) groups excluding carboxylic acids is 1. The number of allylic oxidation sites excluding steroid dienone is 1. The normalized spacial score (nSPS) is 17.4. The van der Waals surface area contributed by atoms with Gasteiger partial charge in [-0.3, -0.25) is 4.79 Å². The molecule has 0 fully saturated rings. The average molecular weight is 483 g/mol. The predicted octanol–water partition coefficient (Wildman–Crippen LogP) is 7.24. The number of hydrogen-bond donors (Lipinski definition) is 0. The van der Waals surface area contributed by atoms with E-state index in [0.717, 1.165) is 27.9 Å². The molecule has 1 amide bonds. The summed E-state index contributed by atoms with van der Waals surface area (Å²) in [4.78, 5) is 21.3. The van der Waals surface area contributed by atoms with Crippen molar-refractivity contribution in [2.75, 3.05) is 11.9 Å². The second-order valence-corrected chi connectivity index (χ2v) is 9.24. The molecule has 4 aromatic carbocycles. The first-order chi connectivity index (χ1) is 18.2. The van der Waals surface area contributed by atoms with Gasteiger partial charge in [0, 0.05) is 35.3 Å². The van der Waals surface area contributed by atoms with Crippen LogP contribution < -0.4 is 4.90 Å². The van der Waals surface area contributed by atoms with E-state index >= 15 is 0 Å². The van der Waals surface area contributed by atoms with Gasteiger partial charge in [-0.25, -0.2) is 4.98 Å². The van der Waals surface area contributed by atoms with Gasteiger partial charge < -0.3 is 9.32 Å². The molecule has 0 aliphatic carbocycles. The monoisotopic (exact) mass is 482 g/mol. The maximum atomic E-state index is 14.6. The zero-order valence-electron chi connectivity index (χ0n) is 20.5. The molecule has 180 valence electrons. The number of fused-ring (bicyclic) bond motifs is 1. The Morgan fingerprint density at radius 1 is 0.811 bits per heavy atom. The Kier molecular flexibility index (Phi) is 5.57. The van der Waals surface area contributed by atoms with Crippen molar-refractivity contribution in [1.29, 1.82) is 0 Å². The lowest BCUT2D eigenvalue weighted by atomic mass is 9.65. The first-order valence-corrected chi connectivity index (χ1v) is 12.3. The zero-order chi connectivity index (χ0) is 25.4. The number of likely N-dealkylation sites (N-methyl/N-ethyl adjacent to an activating group) is 1. The van der Waals surface area contributed by atoms with Crippen molar-refractivity contribution < 1.29 is 9.21 Å².